The van der Waals surface area contributed by atoms with Gasteiger partial charge in [0.25, 0.3) is 5.56 Å². The van der Waals surface area contributed by atoms with Crippen molar-refractivity contribution in [2.75, 3.05) is 0 Å². The van der Waals surface area contributed by atoms with Crippen molar-refractivity contribution in [1.29, 1.82) is 5.26 Å². The molecule has 0 aliphatic rings. The van der Waals surface area contributed by atoms with E-state index in [1.807, 2.05) is 19.9 Å². The first-order valence-corrected chi connectivity index (χ1v) is 10.0. The van der Waals surface area contributed by atoms with Crippen LogP contribution in [-0.4, -0.2) is 20.9 Å². The van der Waals surface area contributed by atoms with Gasteiger partial charge in [0.1, 0.15) is 23.9 Å². The Kier molecular flexibility index (Phi) is 5.75. The van der Waals surface area contributed by atoms with Crippen LogP contribution in [0, 0.1) is 25.2 Å². The number of carbonyl (C=O) groups excluding carboxylic acids is 1. The van der Waals surface area contributed by atoms with E-state index in [1.54, 1.807) is 30.3 Å². The Morgan fingerprint density at radius 2 is 2.00 bits per heavy atom. The summed E-state index contributed by atoms with van der Waals surface area (Å²) in [4.78, 5) is 32.1. The highest BCUT2D eigenvalue weighted by atomic mass is 35.5. The van der Waals surface area contributed by atoms with E-state index >= 15 is 0 Å². The molecule has 0 amide bonds. The lowest BCUT2D eigenvalue weighted by Crippen LogP contribution is -2.19. The van der Waals surface area contributed by atoms with Crippen LogP contribution >= 0.6 is 11.6 Å². The Bertz CT molecular complexity index is 1400. The van der Waals surface area contributed by atoms with Crippen molar-refractivity contribution in [1.82, 2.24) is 15.1 Å². The molecule has 9 heteroatoms. The second-order valence-corrected chi connectivity index (χ2v) is 7.59. The van der Waals surface area contributed by atoms with Gasteiger partial charge in [0.2, 0.25) is 0 Å². The van der Waals surface area contributed by atoms with E-state index in [-0.39, 0.29) is 18.0 Å². The zero-order valence-electron chi connectivity index (χ0n) is 17.2. The van der Waals surface area contributed by atoms with Crippen LogP contribution in [0.3, 0.4) is 0 Å². The molecule has 4 rings (SSSR count). The Hall–Kier alpha value is -3.96. The normalized spacial score (nSPS) is 11.8. The molecule has 0 radical (unpaired) electrons. The van der Waals surface area contributed by atoms with E-state index in [1.165, 1.54) is 12.1 Å². The molecule has 0 saturated heterocycles. The van der Waals surface area contributed by atoms with E-state index in [9.17, 15) is 14.9 Å². The van der Waals surface area contributed by atoms with Crippen molar-refractivity contribution in [3.63, 3.8) is 0 Å². The number of benzene rings is 2. The third kappa shape index (κ3) is 4.11. The highest BCUT2D eigenvalue weighted by Gasteiger charge is 2.25. The molecule has 32 heavy (non-hydrogen) atoms. The summed E-state index contributed by atoms with van der Waals surface area (Å²) in [6.45, 7) is 3.92. The number of ether oxygens (including phenoxy) is 1. The van der Waals surface area contributed by atoms with E-state index in [4.69, 9.17) is 20.9 Å². The lowest BCUT2D eigenvalue weighted by atomic mass is 9.98. The summed E-state index contributed by atoms with van der Waals surface area (Å²) in [6.07, 6.45) is 0. The number of ketones is 1. The Morgan fingerprint density at radius 3 is 2.66 bits per heavy atom. The number of fused-ring (bicyclic) bond motifs is 1. The van der Waals surface area contributed by atoms with Gasteiger partial charge < -0.3 is 14.2 Å². The van der Waals surface area contributed by atoms with Gasteiger partial charge in [-0.3, -0.25) is 9.59 Å². The summed E-state index contributed by atoms with van der Waals surface area (Å²) in [7, 11) is 0. The number of aryl methyl sites for hydroxylation is 2. The van der Waals surface area contributed by atoms with Crippen molar-refractivity contribution >= 4 is 28.3 Å². The maximum atomic E-state index is 13.0. The number of hydrogen-bond acceptors (Lipinski definition) is 7. The number of carbonyl (C=O) groups is 1. The number of H-pyrrole nitrogens is 1. The molecular weight excluding hydrogens is 432 g/mol. The first-order valence-electron chi connectivity index (χ1n) is 9.65. The van der Waals surface area contributed by atoms with Crippen LogP contribution in [0.4, 0.5) is 0 Å². The Balaban J connectivity index is 1.56. The lowest BCUT2D eigenvalue weighted by Gasteiger charge is -2.10. The van der Waals surface area contributed by atoms with Crippen molar-refractivity contribution in [2.24, 2.45) is 0 Å². The van der Waals surface area contributed by atoms with Crippen LogP contribution in [0.15, 0.2) is 51.8 Å². The Labute approximate surface area is 187 Å². The summed E-state index contributed by atoms with van der Waals surface area (Å²) in [5, 5.41) is 14.2. The van der Waals surface area contributed by atoms with Crippen LogP contribution in [0.25, 0.3) is 10.9 Å². The average Bonchev–Trinajstić information content (AvgIpc) is 3.10. The number of nitrogens with zero attached hydrogens (tertiary/aromatic N) is 3. The lowest BCUT2D eigenvalue weighted by molar-refractivity contribution is 0.0976. The molecular formula is C23H17ClN4O4. The summed E-state index contributed by atoms with van der Waals surface area (Å²) in [5.74, 6) is -0.572. The second-order valence-electron chi connectivity index (χ2n) is 7.15. The molecule has 4 aromatic rings. The number of hydrogen-bond donors (Lipinski definition) is 1. The minimum absolute atomic E-state index is 0.0315. The molecule has 2 heterocycles. The second kappa shape index (κ2) is 8.65. The van der Waals surface area contributed by atoms with Gasteiger partial charge in [0.15, 0.2) is 11.7 Å². The maximum absolute atomic E-state index is 13.0. The quantitative estimate of drug-likeness (QED) is 0.437. The number of Topliss-reactive ketones (excluding diaryl/α,β-unsaturated/α-hetero) is 1. The zero-order valence-corrected chi connectivity index (χ0v) is 17.9. The molecule has 0 bridgehead atoms. The molecule has 0 saturated carbocycles. The van der Waals surface area contributed by atoms with Gasteiger partial charge in [0, 0.05) is 10.6 Å². The van der Waals surface area contributed by atoms with Crippen LogP contribution in [-0.2, 0) is 6.61 Å². The van der Waals surface area contributed by atoms with E-state index in [2.05, 4.69) is 15.1 Å². The highest BCUT2D eigenvalue weighted by Crippen LogP contribution is 2.23. The predicted molar refractivity (Wildman–Crippen MR) is 117 cm³/mol. The monoisotopic (exact) mass is 448 g/mol. The number of halogens is 1. The van der Waals surface area contributed by atoms with E-state index < -0.39 is 17.3 Å². The van der Waals surface area contributed by atoms with E-state index in [0.717, 1.165) is 11.3 Å². The van der Waals surface area contributed by atoms with Crippen LogP contribution < -0.4 is 10.3 Å². The summed E-state index contributed by atoms with van der Waals surface area (Å²) in [5.41, 5.74) is 1.77. The molecule has 0 aliphatic carbocycles. The summed E-state index contributed by atoms with van der Waals surface area (Å²) < 4.78 is 10.9. The van der Waals surface area contributed by atoms with Gasteiger partial charge >= 0.3 is 0 Å². The van der Waals surface area contributed by atoms with Gasteiger partial charge in [-0.15, -0.1) is 0 Å². The fraction of sp³-hybridized carbons (Fsp3) is 0.174. The molecule has 8 nitrogen and oxygen atoms in total. The smallest absolute Gasteiger partial charge is 0.258 e. The fourth-order valence-electron chi connectivity index (χ4n) is 3.26. The van der Waals surface area contributed by atoms with E-state index in [0.29, 0.717) is 27.4 Å². The number of aromatic amines is 1. The zero-order chi connectivity index (χ0) is 22.8. The predicted octanol–water partition coefficient (Wildman–Crippen LogP) is 4.25. The van der Waals surface area contributed by atoms with Crippen LogP contribution in [0.1, 0.15) is 39.1 Å². The van der Waals surface area contributed by atoms with Crippen LogP contribution in [0.5, 0.6) is 5.75 Å². The molecule has 0 spiro atoms. The third-order valence-corrected chi connectivity index (χ3v) is 5.29. The van der Waals surface area contributed by atoms with Gasteiger partial charge in [-0.2, -0.15) is 5.26 Å². The highest BCUT2D eigenvalue weighted by molar-refractivity contribution is 6.31. The van der Waals surface area contributed by atoms with Crippen molar-refractivity contribution in [2.45, 2.75) is 26.4 Å². The number of rotatable bonds is 6. The molecule has 2 aromatic carbocycles. The topological polar surface area (TPSA) is 122 Å². The van der Waals surface area contributed by atoms with Crippen molar-refractivity contribution in [3.05, 3.63) is 86.2 Å². The summed E-state index contributed by atoms with van der Waals surface area (Å²) >= 11 is 5.98. The number of aromatic nitrogens is 3. The number of nitrogens with one attached hydrogen (secondary N) is 1. The average molecular weight is 449 g/mol. The first kappa shape index (κ1) is 21.3. The molecule has 0 aliphatic heterocycles. The molecule has 2 aromatic heterocycles. The minimum atomic E-state index is -1.28. The van der Waals surface area contributed by atoms with Gasteiger partial charge in [0.05, 0.1) is 28.2 Å². The fourth-order valence-corrected chi connectivity index (χ4v) is 3.42. The standard InChI is InChI=1S/C23H17ClN4O4/c1-12-19(13(2)32-28-12)11-31-16-6-3-14(4-7-16)21(29)18(10-25)22-26-20-9-15(24)5-8-17(20)23(30)27-22/h3-9,18H,11H2,1-2H3,(H,26,27,30). The maximum Gasteiger partial charge on any atom is 0.258 e. The van der Waals surface area contributed by atoms with Gasteiger partial charge in [-0.05, 0) is 56.3 Å². The Morgan fingerprint density at radius 1 is 1.25 bits per heavy atom. The molecule has 1 atom stereocenters. The molecule has 1 N–H and O–H groups in total. The largest absolute Gasteiger partial charge is 0.489 e. The SMILES string of the molecule is Cc1noc(C)c1COc1ccc(C(=O)C(C#N)c2nc3cc(Cl)ccc3c(=O)[nH]2)cc1. The molecule has 1 unspecified atom stereocenters. The van der Waals surface area contributed by atoms with Crippen LogP contribution in [0.2, 0.25) is 5.02 Å². The minimum Gasteiger partial charge on any atom is -0.489 e. The molecule has 160 valence electrons. The van der Waals surface area contributed by atoms with Gasteiger partial charge in [-0.25, -0.2) is 4.98 Å². The van der Waals surface area contributed by atoms with Crippen molar-refractivity contribution < 1.29 is 14.1 Å². The first-order chi connectivity index (χ1) is 15.4. The molecule has 0 fully saturated rings. The van der Waals surface area contributed by atoms with Gasteiger partial charge in [-0.1, -0.05) is 16.8 Å². The number of nitriles is 1. The third-order valence-electron chi connectivity index (χ3n) is 5.05. The summed E-state index contributed by atoms with van der Waals surface area (Å²) in [6, 6.07) is 12.9. The van der Waals surface area contributed by atoms with Crippen molar-refractivity contribution in [3.8, 4) is 11.8 Å².